The molecule has 0 saturated carbocycles. The van der Waals surface area contributed by atoms with Crippen molar-refractivity contribution in [2.24, 2.45) is 12.0 Å². The highest BCUT2D eigenvalue weighted by molar-refractivity contribution is 14.0. The fourth-order valence-corrected chi connectivity index (χ4v) is 3.76. The van der Waals surface area contributed by atoms with Crippen LogP contribution in [0, 0.1) is 0 Å². The van der Waals surface area contributed by atoms with Crippen LogP contribution in [0.5, 0.6) is 5.75 Å². The van der Waals surface area contributed by atoms with Gasteiger partial charge in [0.2, 0.25) is 0 Å². The molecule has 0 aliphatic carbocycles. The van der Waals surface area contributed by atoms with Crippen LogP contribution in [-0.2, 0) is 13.5 Å². The first-order valence-electron chi connectivity index (χ1n) is 10.2. The first-order valence-corrected chi connectivity index (χ1v) is 10.6. The summed E-state index contributed by atoms with van der Waals surface area (Å²) in [6.45, 7) is 5.55. The lowest BCUT2D eigenvalue weighted by Gasteiger charge is -2.22. The number of benzene rings is 1. The molecule has 1 unspecified atom stereocenters. The molecular formula is C21H32ClIN6O. The van der Waals surface area contributed by atoms with Gasteiger partial charge in [0.1, 0.15) is 5.75 Å². The molecule has 0 amide bonds. The first-order chi connectivity index (χ1) is 14.1. The van der Waals surface area contributed by atoms with E-state index in [1.807, 2.05) is 36.1 Å². The van der Waals surface area contributed by atoms with Crippen molar-refractivity contribution >= 4 is 47.2 Å². The second kappa shape index (κ2) is 12.2. The van der Waals surface area contributed by atoms with Gasteiger partial charge < -0.3 is 20.3 Å². The number of methoxy groups -OCH3 is 1. The Balaban J connectivity index is 0.00000320. The molecule has 1 aliphatic heterocycles. The van der Waals surface area contributed by atoms with E-state index < -0.39 is 0 Å². The second-order valence-corrected chi connectivity index (χ2v) is 7.72. The molecule has 166 valence electrons. The Kier molecular flexibility index (Phi) is 10.0. The monoisotopic (exact) mass is 546 g/mol. The number of hydrogen-bond donors (Lipinski definition) is 2. The van der Waals surface area contributed by atoms with Crippen LogP contribution in [0.4, 0.5) is 5.69 Å². The third kappa shape index (κ3) is 6.94. The molecule has 1 saturated heterocycles. The van der Waals surface area contributed by atoms with Crippen molar-refractivity contribution in [1.82, 2.24) is 20.4 Å². The van der Waals surface area contributed by atoms with Crippen LogP contribution in [0.15, 0.2) is 35.6 Å². The molecule has 1 fully saturated rings. The summed E-state index contributed by atoms with van der Waals surface area (Å²) < 4.78 is 7.35. The van der Waals surface area contributed by atoms with Gasteiger partial charge in [-0.1, -0.05) is 11.6 Å². The molecule has 1 aliphatic rings. The predicted octanol–water partition coefficient (Wildman–Crippen LogP) is 3.47. The van der Waals surface area contributed by atoms with Gasteiger partial charge in [-0.2, -0.15) is 5.10 Å². The van der Waals surface area contributed by atoms with Gasteiger partial charge in [-0.15, -0.1) is 24.0 Å². The van der Waals surface area contributed by atoms with E-state index in [9.17, 15) is 0 Å². The van der Waals surface area contributed by atoms with Crippen molar-refractivity contribution in [3.63, 3.8) is 0 Å². The average Bonchev–Trinajstić information content (AvgIpc) is 3.34. The van der Waals surface area contributed by atoms with Gasteiger partial charge in [0.15, 0.2) is 5.96 Å². The smallest absolute Gasteiger partial charge is 0.191 e. The quantitative estimate of drug-likeness (QED) is 0.230. The van der Waals surface area contributed by atoms with Crippen molar-refractivity contribution in [2.45, 2.75) is 32.2 Å². The summed E-state index contributed by atoms with van der Waals surface area (Å²) in [5, 5.41) is 11.9. The molecule has 0 bridgehead atoms. The Hall–Kier alpha value is -1.68. The molecule has 30 heavy (non-hydrogen) atoms. The number of halogens is 2. The highest BCUT2D eigenvalue weighted by Crippen LogP contribution is 2.33. The van der Waals surface area contributed by atoms with Gasteiger partial charge in [-0.3, -0.25) is 9.67 Å². The van der Waals surface area contributed by atoms with Gasteiger partial charge in [0.25, 0.3) is 0 Å². The van der Waals surface area contributed by atoms with Crippen LogP contribution in [0.2, 0.25) is 5.02 Å². The van der Waals surface area contributed by atoms with E-state index in [1.54, 1.807) is 7.11 Å². The SMILES string of the molecule is CCNC(=NCCCc1cnn(C)c1)NC1CCN(c2cc(Cl)ccc2OC)C1.I. The number of guanidine groups is 1. The van der Waals surface area contributed by atoms with Crippen LogP contribution < -0.4 is 20.3 Å². The van der Waals surface area contributed by atoms with E-state index >= 15 is 0 Å². The molecule has 1 atom stereocenters. The maximum absolute atomic E-state index is 6.20. The lowest BCUT2D eigenvalue weighted by atomic mass is 10.2. The maximum atomic E-state index is 6.20. The minimum Gasteiger partial charge on any atom is -0.495 e. The van der Waals surface area contributed by atoms with E-state index in [4.69, 9.17) is 21.3 Å². The van der Waals surface area contributed by atoms with Crippen LogP contribution >= 0.6 is 35.6 Å². The molecule has 0 radical (unpaired) electrons. The number of aliphatic imine (C=N–C) groups is 1. The lowest BCUT2D eigenvalue weighted by Crippen LogP contribution is -2.44. The summed E-state index contributed by atoms with van der Waals surface area (Å²) >= 11 is 6.20. The zero-order valence-corrected chi connectivity index (χ0v) is 21.0. The number of rotatable bonds is 8. The summed E-state index contributed by atoms with van der Waals surface area (Å²) in [5.41, 5.74) is 2.30. The number of aryl methyl sites for hydroxylation is 2. The van der Waals surface area contributed by atoms with Crippen molar-refractivity contribution < 1.29 is 4.74 Å². The molecule has 9 heteroatoms. The Labute approximate surface area is 201 Å². The number of hydrogen-bond acceptors (Lipinski definition) is 4. The zero-order valence-electron chi connectivity index (χ0n) is 17.9. The Bertz CT molecular complexity index is 828. The van der Waals surface area contributed by atoms with Gasteiger partial charge in [-0.25, -0.2) is 0 Å². The molecule has 2 N–H and O–H groups in total. The summed E-state index contributed by atoms with van der Waals surface area (Å²) in [4.78, 5) is 7.06. The van der Waals surface area contributed by atoms with Gasteiger partial charge in [0, 0.05) is 50.5 Å². The van der Waals surface area contributed by atoms with E-state index in [0.29, 0.717) is 6.04 Å². The number of nitrogens with one attached hydrogen (secondary N) is 2. The molecule has 2 heterocycles. The van der Waals surface area contributed by atoms with Crippen molar-refractivity contribution in [2.75, 3.05) is 38.2 Å². The van der Waals surface area contributed by atoms with Crippen molar-refractivity contribution in [1.29, 1.82) is 0 Å². The largest absolute Gasteiger partial charge is 0.495 e. The molecular weight excluding hydrogens is 515 g/mol. The van der Waals surface area contributed by atoms with Crippen molar-refractivity contribution in [3.05, 3.63) is 41.2 Å². The summed E-state index contributed by atoms with van der Waals surface area (Å²) in [7, 11) is 3.64. The predicted molar refractivity (Wildman–Crippen MR) is 135 cm³/mol. The normalized spacial score (nSPS) is 16.3. The van der Waals surface area contributed by atoms with Gasteiger partial charge >= 0.3 is 0 Å². The number of ether oxygens (including phenoxy) is 1. The standard InChI is InChI=1S/C21H31ClN6O.HI/c1-4-23-21(24-10-5-6-16-13-25-27(2)14-16)26-18-9-11-28(15-18)19-12-17(22)7-8-20(19)29-3;/h7-8,12-14,18H,4-6,9-11,15H2,1-3H3,(H2,23,24,26);1H. The fraction of sp³-hybridized carbons (Fsp3) is 0.524. The summed E-state index contributed by atoms with van der Waals surface area (Å²) in [6.07, 6.45) is 7.01. The van der Waals surface area contributed by atoms with E-state index in [2.05, 4.69) is 33.8 Å². The molecule has 2 aromatic rings. The average molecular weight is 547 g/mol. The number of aromatic nitrogens is 2. The highest BCUT2D eigenvalue weighted by Gasteiger charge is 2.25. The summed E-state index contributed by atoms with van der Waals surface area (Å²) in [5.74, 6) is 1.73. The Morgan fingerprint density at radius 3 is 2.93 bits per heavy atom. The summed E-state index contributed by atoms with van der Waals surface area (Å²) in [6, 6.07) is 6.08. The highest BCUT2D eigenvalue weighted by atomic mass is 127. The topological polar surface area (TPSA) is 66.7 Å². The van der Waals surface area contributed by atoms with E-state index in [1.165, 1.54) is 5.56 Å². The van der Waals surface area contributed by atoms with Crippen molar-refractivity contribution in [3.8, 4) is 5.75 Å². The van der Waals surface area contributed by atoms with E-state index in [-0.39, 0.29) is 24.0 Å². The van der Waals surface area contributed by atoms with Crippen LogP contribution in [0.3, 0.4) is 0 Å². The first kappa shape index (κ1) is 24.6. The minimum atomic E-state index is 0. The second-order valence-electron chi connectivity index (χ2n) is 7.28. The zero-order chi connectivity index (χ0) is 20.6. The van der Waals surface area contributed by atoms with E-state index in [0.717, 1.165) is 67.9 Å². The molecule has 7 nitrogen and oxygen atoms in total. The Morgan fingerprint density at radius 2 is 2.23 bits per heavy atom. The Morgan fingerprint density at radius 1 is 1.40 bits per heavy atom. The number of anilines is 1. The molecule has 1 aromatic carbocycles. The van der Waals surface area contributed by atoms with Crippen LogP contribution in [-0.4, -0.2) is 55.1 Å². The maximum Gasteiger partial charge on any atom is 0.191 e. The lowest BCUT2D eigenvalue weighted by molar-refractivity contribution is 0.415. The minimum absolute atomic E-state index is 0. The van der Waals surface area contributed by atoms with Crippen LogP contribution in [0.25, 0.3) is 0 Å². The van der Waals surface area contributed by atoms with Gasteiger partial charge in [-0.05, 0) is 49.9 Å². The fourth-order valence-electron chi connectivity index (χ4n) is 3.60. The molecule has 3 rings (SSSR count). The van der Waals surface area contributed by atoms with Crippen LogP contribution in [0.1, 0.15) is 25.3 Å². The third-order valence-electron chi connectivity index (χ3n) is 5.01. The number of nitrogens with zero attached hydrogens (tertiary/aromatic N) is 4. The van der Waals surface area contributed by atoms with Gasteiger partial charge in [0.05, 0.1) is 19.0 Å². The molecule has 1 aromatic heterocycles. The third-order valence-corrected chi connectivity index (χ3v) is 5.24. The molecule has 0 spiro atoms.